The first-order valence-electron chi connectivity index (χ1n) is 5.03. The Bertz CT molecular complexity index is 346. The van der Waals surface area contributed by atoms with E-state index >= 15 is 0 Å². The van der Waals surface area contributed by atoms with Gasteiger partial charge in [0.25, 0.3) is 0 Å². The number of aryl methyl sites for hydroxylation is 1. The van der Waals surface area contributed by atoms with Gasteiger partial charge in [-0.1, -0.05) is 13.8 Å². The number of nitriles is 1. The van der Waals surface area contributed by atoms with Gasteiger partial charge in [0.1, 0.15) is 0 Å². The van der Waals surface area contributed by atoms with E-state index in [4.69, 9.17) is 0 Å². The monoisotopic (exact) mass is 188 g/mol. The molecule has 2 heteroatoms. The minimum Gasteiger partial charge on any atom is -0.260 e. The van der Waals surface area contributed by atoms with E-state index in [9.17, 15) is 5.26 Å². The Morgan fingerprint density at radius 1 is 1.43 bits per heavy atom. The van der Waals surface area contributed by atoms with E-state index in [1.165, 1.54) is 0 Å². The maximum absolute atomic E-state index is 9.23. The molecule has 2 nitrogen and oxygen atoms in total. The Hall–Kier alpha value is -1.36. The molecule has 0 aromatic carbocycles. The van der Waals surface area contributed by atoms with E-state index < -0.39 is 5.41 Å². The molecule has 1 rings (SSSR count). The number of hydrogen-bond donors (Lipinski definition) is 0. The van der Waals surface area contributed by atoms with Crippen LogP contribution in [0.4, 0.5) is 0 Å². The Morgan fingerprint density at radius 2 is 2.07 bits per heavy atom. The zero-order chi connectivity index (χ0) is 10.6. The summed E-state index contributed by atoms with van der Waals surface area (Å²) in [4.78, 5) is 4.30. The normalized spacial score (nSPS) is 11.0. The quantitative estimate of drug-likeness (QED) is 0.731. The Balaban J connectivity index is 3.19. The second kappa shape index (κ2) is 4.23. The first-order chi connectivity index (χ1) is 6.68. The van der Waals surface area contributed by atoms with E-state index in [0.29, 0.717) is 0 Å². The molecule has 0 saturated heterocycles. The van der Waals surface area contributed by atoms with Gasteiger partial charge in [-0.15, -0.1) is 0 Å². The molecule has 0 atom stereocenters. The third-order valence-corrected chi connectivity index (χ3v) is 2.83. The molecule has 0 N–H and O–H groups in total. The molecule has 0 amide bonds. The van der Waals surface area contributed by atoms with Gasteiger partial charge in [-0.05, 0) is 37.5 Å². The van der Waals surface area contributed by atoms with Crippen LogP contribution in [0.15, 0.2) is 18.3 Å². The molecule has 1 aromatic heterocycles. The fourth-order valence-corrected chi connectivity index (χ4v) is 1.63. The summed E-state index contributed by atoms with van der Waals surface area (Å²) in [6.07, 6.45) is 3.41. The third kappa shape index (κ3) is 1.77. The molecule has 0 aliphatic carbocycles. The standard InChI is InChI=1S/C12H16N2/c1-4-12(5-2,9-13)11-8-10(3)6-7-14-11/h6-8H,4-5H2,1-3H3. The average Bonchev–Trinajstić information content (AvgIpc) is 2.22. The van der Waals surface area contributed by atoms with Crippen LogP contribution in [0.1, 0.15) is 37.9 Å². The highest BCUT2D eigenvalue weighted by molar-refractivity contribution is 5.28. The van der Waals surface area contributed by atoms with E-state index in [1.54, 1.807) is 6.20 Å². The molecule has 0 saturated carbocycles. The molecule has 14 heavy (non-hydrogen) atoms. The fraction of sp³-hybridized carbons (Fsp3) is 0.500. The second-order valence-electron chi connectivity index (χ2n) is 3.62. The van der Waals surface area contributed by atoms with Crippen LogP contribution in [-0.2, 0) is 5.41 Å². The van der Waals surface area contributed by atoms with Crippen molar-refractivity contribution in [2.75, 3.05) is 0 Å². The number of hydrogen-bond acceptors (Lipinski definition) is 2. The highest BCUT2D eigenvalue weighted by atomic mass is 14.7. The van der Waals surface area contributed by atoms with Gasteiger partial charge in [0.2, 0.25) is 0 Å². The first kappa shape index (κ1) is 10.7. The van der Waals surface area contributed by atoms with Crippen molar-refractivity contribution in [1.29, 1.82) is 5.26 Å². The lowest BCUT2D eigenvalue weighted by atomic mass is 9.80. The summed E-state index contributed by atoms with van der Waals surface area (Å²) in [6.45, 7) is 6.10. The number of rotatable bonds is 3. The predicted molar refractivity (Wildman–Crippen MR) is 56.8 cm³/mol. The molecule has 0 bridgehead atoms. The van der Waals surface area contributed by atoms with Crippen molar-refractivity contribution in [3.63, 3.8) is 0 Å². The molecule has 0 radical (unpaired) electrons. The van der Waals surface area contributed by atoms with Gasteiger partial charge >= 0.3 is 0 Å². The van der Waals surface area contributed by atoms with Gasteiger partial charge in [-0.25, -0.2) is 0 Å². The van der Waals surface area contributed by atoms with Crippen LogP contribution in [0.3, 0.4) is 0 Å². The lowest BCUT2D eigenvalue weighted by Gasteiger charge is -2.22. The number of nitrogens with zero attached hydrogens (tertiary/aromatic N) is 2. The Kier molecular flexibility index (Phi) is 3.24. The van der Waals surface area contributed by atoms with E-state index in [2.05, 4.69) is 11.1 Å². The summed E-state index contributed by atoms with van der Waals surface area (Å²) in [5.41, 5.74) is 1.67. The molecular weight excluding hydrogens is 172 g/mol. The molecular formula is C12H16N2. The highest BCUT2D eigenvalue weighted by Crippen LogP contribution is 2.29. The van der Waals surface area contributed by atoms with E-state index in [-0.39, 0.29) is 0 Å². The van der Waals surface area contributed by atoms with Crippen molar-refractivity contribution in [2.24, 2.45) is 0 Å². The van der Waals surface area contributed by atoms with Gasteiger partial charge in [0.15, 0.2) is 0 Å². The third-order valence-electron chi connectivity index (χ3n) is 2.83. The van der Waals surface area contributed by atoms with Gasteiger partial charge < -0.3 is 0 Å². The summed E-state index contributed by atoms with van der Waals surface area (Å²) in [7, 11) is 0. The second-order valence-corrected chi connectivity index (χ2v) is 3.62. The SMILES string of the molecule is CCC(C#N)(CC)c1cc(C)ccn1. The zero-order valence-corrected chi connectivity index (χ0v) is 9.04. The first-order valence-corrected chi connectivity index (χ1v) is 5.03. The maximum Gasteiger partial charge on any atom is 0.0987 e. The lowest BCUT2D eigenvalue weighted by molar-refractivity contribution is 0.496. The van der Waals surface area contributed by atoms with Crippen LogP contribution in [0.25, 0.3) is 0 Å². The van der Waals surface area contributed by atoms with Gasteiger partial charge in [-0.2, -0.15) is 5.26 Å². The molecule has 0 aliphatic heterocycles. The van der Waals surface area contributed by atoms with Crippen molar-refractivity contribution < 1.29 is 0 Å². The van der Waals surface area contributed by atoms with E-state index in [0.717, 1.165) is 24.1 Å². The smallest absolute Gasteiger partial charge is 0.0987 e. The zero-order valence-electron chi connectivity index (χ0n) is 9.04. The molecule has 0 fully saturated rings. The average molecular weight is 188 g/mol. The van der Waals surface area contributed by atoms with Gasteiger partial charge in [0.05, 0.1) is 17.2 Å². The lowest BCUT2D eigenvalue weighted by Crippen LogP contribution is -2.23. The largest absolute Gasteiger partial charge is 0.260 e. The minimum atomic E-state index is -0.397. The minimum absolute atomic E-state index is 0.397. The van der Waals surface area contributed by atoms with Crippen molar-refractivity contribution in [2.45, 2.75) is 39.0 Å². The van der Waals surface area contributed by atoms with Crippen LogP contribution in [0, 0.1) is 18.3 Å². The molecule has 1 aromatic rings. The van der Waals surface area contributed by atoms with Gasteiger partial charge in [-0.3, -0.25) is 4.98 Å². The van der Waals surface area contributed by atoms with Crippen LogP contribution < -0.4 is 0 Å². The molecule has 0 unspecified atom stereocenters. The van der Waals surface area contributed by atoms with Crippen LogP contribution in [0.5, 0.6) is 0 Å². The van der Waals surface area contributed by atoms with Crippen molar-refractivity contribution >= 4 is 0 Å². The van der Waals surface area contributed by atoms with Crippen LogP contribution >= 0.6 is 0 Å². The van der Waals surface area contributed by atoms with E-state index in [1.807, 2.05) is 32.9 Å². The Labute approximate surface area is 85.6 Å². The van der Waals surface area contributed by atoms with Crippen molar-refractivity contribution in [1.82, 2.24) is 4.98 Å². The van der Waals surface area contributed by atoms with Crippen molar-refractivity contribution in [3.8, 4) is 6.07 Å². The summed E-state index contributed by atoms with van der Waals surface area (Å²) < 4.78 is 0. The number of pyridine rings is 1. The highest BCUT2D eigenvalue weighted by Gasteiger charge is 2.29. The molecule has 0 spiro atoms. The molecule has 1 heterocycles. The summed E-state index contributed by atoms with van der Waals surface area (Å²) >= 11 is 0. The topological polar surface area (TPSA) is 36.7 Å². The molecule has 74 valence electrons. The van der Waals surface area contributed by atoms with Gasteiger partial charge in [0, 0.05) is 6.20 Å². The summed E-state index contributed by atoms with van der Waals surface area (Å²) in [5.74, 6) is 0. The van der Waals surface area contributed by atoms with Crippen LogP contribution in [-0.4, -0.2) is 4.98 Å². The van der Waals surface area contributed by atoms with Crippen LogP contribution in [0.2, 0.25) is 0 Å². The predicted octanol–water partition coefficient (Wildman–Crippen LogP) is 2.97. The summed E-state index contributed by atoms with van der Waals surface area (Å²) in [5, 5.41) is 9.23. The maximum atomic E-state index is 9.23. The summed E-state index contributed by atoms with van der Waals surface area (Å²) in [6, 6.07) is 6.36. The molecule has 0 aliphatic rings. The number of aromatic nitrogens is 1. The van der Waals surface area contributed by atoms with Crippen molar-refractivity contribution in [3.05, 3.63) is 29.6 Å². The Morgan fingerprint density at radius 3 is 2.50 bits per heavy atom. The fourth-order valence-electron chi connectivity index (χ4n) is 1.63.